The molecule has 0 radical (unpaired) electrons. The summed E-state index contributed by atoms with van der Waals surface area (Å²) >= 11 is 3.40. The third-order valence-corrected chi connectivity index (χ3v) is 3.63. The predicted molar refractivity (Wildman–Crippen MR) is 78.6 cm³/mol. The number of hydrogen-bond donors (Lipinski definition) is 2. The molecule has 0 spiro atoms. The van der Waals surface area contributed by atoms with Gasteiger partial charge in [-0.15, -0.1) is 0 Å². The van der Waals surface area contributed by atoms with E-state index in [0.717, 1.165) is 42.1 Å². The molecule has 0 bridgehead atoms. The van der Waals surface area contributed by atoms with E-state index in [1.54, 1.807) is 7.11 Å². The highest BCUT2D eigenvalue weighted by Crippen LogP contribution is 2.27. The molecule has 1 aromatic rings. The number of anilines is 1. The van der Waals surface area contributed by atoms with Crippen LogP contribution in [-0.4, -0.2) is 50.6 Å². The molecule has 1 fully saturated rings. The van der Waals surface area contributed by atoms with E-state index in [2.05, 4.69) is 31.5 Å². The van der Waals surface area contributed by atoms with Crippen LogP contribution in [0.15, 0.2) is 22.7 Å². The maximum Gasteiger partial charge on any atom is 0.238 e. The standard InChI is InChI=1S/C13H18BrN3O2/c1-19-12-3-2-10(8-11(12)14)16-13(18)9-17-6-4-15-5-7-17/h2-3,8,15H,4-7,9H2,1H3,(H,16,18). The van der Waals surface area contributed by atoms with Crippen molar-refractivity contribution in [3.63, 3.8) is 0 Å². The summed E-state index contributed by atoms with van der Waals surface area (Å²) in [5, 5.41) is 6.16. The number of halogens is 1. The van der Waals surface area contributed by atoms with E-state index < -0.39 is 0 Å². The van der Waals surface area contributed by atoms with Gasteiger partial charge in [0.2, 0.25) is 5.91 Å². The molecule has 5 nitrogen and oxygen atoms in total. The molecule has 1 aromatic carbocycles. The van der Waals surface area contributed by atoms with Crippen molar-refractivity contribution in [1.29, 1.82) is 0 Å². The first kappa shape index (κ1) is 14.3. The number of carbonyl (C=O) groups excluding carboxylic acids is 1. The number of ether oxygens (including phenoxy) is 1. The van der Waals surface area contributed by atoms with E-state index in [1.165, 1.54) is 0 Å². The van der Waals surface area contributed by atoms with Gasteiger partial charge in [0.1, 0.15) is 5.75 Å². The van der Waals surface area contributed by atoms with Crippen molar-refractivity contribution in [2.75, 3.05) is 45.2 Å². The minimum absolute atomic E-state index is 0.0129. The molecule has 1 heterocycles. The fourth-order valence-corrected chi connectivity index (χ4v) is 2.56. The Bertz CT molecular complexity index is 448. The van der Waals surface area contributed by atoms with Gasteiger partial charge in [-0.3, -0.25) is 9.69 Å². The molecule has 0 unspecified atom stereocenters. The van der Waals surface area contributed by atoms with Crippen LogP contribution in [0, 0.1) is 0 Å². The molecule has 1 aliphatic rings. The van der Waals surface area contributed by atoms with Gasteiger partial charge in [0.05, 0.1) is 18.1 Å². The number of carbonyl (C=O) groups is 1. The fourth-order valence-electron chi connectivity index (χ4n) is 2.02. The number of amides is 1. The molecule has 6 heteroatoms. The molecule has 0 aromatic heterocycles. The van der Waals surface area contributed by atoms with Crippen LogP contribution in [0.2, 0.25) is 0 Å². The lowest BCUT2D eigenvalue weighted by atomic mass is 10.3. The van der Waals surface area contributed by atoms with Crippen molar-refractivity contribution < 1.29 is 9.53 Å². The number of nitrogens with zero attached hydrogens (tertiary/aromatic N) is 1. The molecule has 1 aliphatic heterocycles. The summed E-state index contributed by atoms with van der Waals surface area (Å²) < 4.78 is 5.98. The van der Waals surface area contributed by atoms with E-state index in [9.17, 15) is 4.79 Å². The molecular weight excluding hydrogens is 310 g/mol. The van der Waals surface area contributed by atoms with Gasteiger partial charge in [0, 0.05) is 31.9 Å². The van der Waals surface area contributed by atoms with E-state index in [0.29, 0.717) is 6.54 Å². The molecule has 0 saturated carbocycles. The smallest absolute Gasteiger partial charge is 0.238 e. The van der Waals surface area contributed by atoms with Gasteiger partial charge in [0.25, 0.3) is 0 Å². The summed E-state index contributed by atoms with van der Waals surface area (Å²) in [4.78, 5) is 14.1. The minimum atomic E-state index is 0.0129. The quantitative estimate of drug-likeness (QED) is 0.875. The average Bonchev–Trinajstić information content (AvgIpc) is 2.40. The summed E-state index contributed by atoms with van der Waals surface area (Å²) in [5.41, 5.74) is 0.771. The van der Waals surface area contributed by atoms with Crippen molar-refractivity contribution in [1.82, 2.24) is 10.2 Å². The lowest BCUT2D eigenvalue weighted by Gasteiger charge is -2.26. The average molecular weight is 328 g/mol. The van der Waals surface area contributed by atoms with E-state index in [1.807, 2.05) is 18.2 Å². The zero-order valence-corrected chi connectivity index (χ0v) is 12.5. The van der Waals surface area contributed by atoms with Crippen LogP contribution in [0.25, 0.3) is 0 Å². The first-order chi connectivity index (χ1) is 9.19. The van der Waals surface area contributed by atoms with Crippen molar-refractivity contribution in [2.45, 2.75) is 0 Å². The maximum atomic E-state index is 11.9. The normalized spacial score (nSPS) is 16.1. The van der Waals surface area contributed by atoms with Crippen LogP contribution in [-0.2, 0) is 4.79 Å². The lowest BCUT2D eigenvalue weighted by Crippen LogP contribution is -2.46. The van der Waals surface area contributed by atoms with Gasteiger partial charge in [-0.2, -0.15) is 0 Å². The highest BCUT2D eigenvalue weighted by molar-refractivity contribution is 9.10. The number of piperazine rings is 1. The number of benzene rings is 1. The third-order valence-electron chi connectivity index (χ3n) is 3.01. The van der Waals surface area contributed by atoms with Gasteiger partial charge in [-0.25, -0.2) is 0 Å². The molecule has 0 aliphatic carbocycles. The van der Waals surface area contributed by atoms with Crippen molar-refractivity contribution in [2.24, 2.45) is 0 Å². The predicted octanol–water partition coefficient (Wildman–Crippen LogP) is 1.30. The zero-order valence-electron chi connectivity index (χ0n) is 10.9. The molecule has 1 saturated heterocycles. The van der Waals surface area contributed by atoms with Crippen molar-refractivity contribution in [3.8, 4) is 5.75 Å². The van der Waals surface area contributed by atoms with Gasteiger partial charge in [0.15, 0.2) is 0 Å². The highest BCUT2D eigenvalue weighted by atomic mass is 79.9. The van der Waals surface area contributed by atoms with Gasteiger partial charge in [-0.05, 0) is 34.1 Å². The first-order valence-electron chi connectivity index (χ1n) is 6.25. The van der Waals surface area contributed by atoms with Crippen LogP contribution in [0.1, 0.15) is 0 Å². The summed E-state index contributed by atoms with van der Waals surface area (Å²) in [5.74, 6) is 0.763. The molecule has 1 amide bonds. The Morgan fingerprint density at radius 3 is 2.84 bits per heavy atom. The Morgan fingerprint density at radius 1 is 1.47 bits per heavy atom. The second-order valence-corrected chi connectivity index (χ2v) is 5.28. The molecule has 0 atom stereocenters. The third kappa shape index (κ3) is 4.19. The van der Waals surface area contributed by atoms with Crippen LogP contribution in [0.3, 0.4) is 0 Å². The second-order valence-electron chi connectivity index (χ2n) is 4.42. The second kappa shape index (κ2) is 6.88. The zero-order chi connectivity index (χ0) is 13.7. The lowest BCUT2D eigenvalue weighted by molar-refractivity contribution is -0.117. The van der Waals surface area contributed by atoms with Gasteiger partial charge < -0.3 is 15.4 Å². The number of methoxy groups -OCH3 is 1. The molecule has 2 N–H and O–H groups in total. The van der Waals surface area contributed by atoms with Gasteiger partial charge >= 0.3 is 0 Å². The number of rotatable bonds is 4. The summed E-state index contributed by atoms with van der Waals surface area (Å²) in [6.07, 6.45) is 0. The van der Waals surface area contributed by atoms with Crippen LogP contribution >= 0.6 is 15.9 Å². The van der Waals surface area contributed by atoms with Crippen molar-refractivity contribution >= 4 is 27.5 Å². The number of hydrogen-bond acceptors (Lipinski definition) is 4. The van der Waals surface area contributed by atoms with Crippen molar-refractivity contribution in [3.05, 3.63) is 22.7 Å². The van der Waals surface area contributed by atoms with Crippen LogP contribution in [0.4, 0.5) is 5.69 Å². The Labute approximate surface area is 121 Å². The van der Waals surface area contributed by atoms with E-state index in [-0.39, 0.29) is 5.91 Å². The minimum Gasteiger partial charge on any atom is -0.496 e. The summed E-state index contributed by atoms with van der Waals surface area (Å²) in [6, 6.07) is 5.50. The van der Waals surface area contributed by atoms with E-state index >= 15 is 0 Å². The summed E-state index contributed by atoms with van der Waals surface area (Å²) in [6.45, 7) is 4.16. The van der Waals surface area contributed by atoms with Crippen LogP contribution in [0.5, 0.6) is 5.75 Å². The Balaban J connectivity index is 1.89. The largest absolute Gasteiger partial charge is 0.496 e. The Hall–Kier alpha value is -1.11. The van der Waals surface area contributed by atoms with Gasteiger partial charge in [-0.1, -0.05) is 0 Å². The highest BCUT2D eigenvalue weighted by Gasteiger charge is 2.13. The molecule has 19 heavy (non-hydrogen) atoms. The number of nitrogens with one attached hydrogen (secondary N) is 2. The molecule has 2 rings (SSSR count). The Morgan fingerprint density at radius 2 is 2.21 bits per heavy atom. The van der Waals surface area contributed by atoms with E-state index in [4.69, 9.17) is 4.74 Å². The monoisotopic (exact) mass is 327 g/mol. The summed E-state index contributed by atoms with van der Waals surface area (Å²) in [7, 11) is 1.61. The molecular formula is C13H18BrN3O2. The fraction of sp³-hybridized carbons (Fsp3) is 0.462. The topological polar surface area (TPSA) is 53.6 Å². The SMILES string of the molecule is COc1ccc(NC(=O)CN2CCNCC2)cc1Br. The Kier molecular flexibility index (Phi) is 5.18. The maximum absolute atomic E-state index is 11.9. The first-order valence-corrected chi connectivity index (χ1v) is 7.05. The molecule has 104 valence electrons. The van der Waals surface area contributed by atoms with Crippen LogP contribution < -0.4 is 15.4 Å².